The molecule has 16 heavy (non-hydrogen) atoms. The van der Waals surface area contributed by atoms with Crippen LogP contribution in [-0.2, 0) is 0 Å². The van der Waals surface area contributed by atoms with E-state index in [1.807, 2.05) is 6.92 Å². The number of hydrogen-bond donors (Lipinski definition) is 2. The lowest BCUT2D eigenvalue weighted by atomic mass is 9.90. The van der Waals surface area contributed by atoms with Crippen molar-refractivity contribution >= 4 is 0 Å². The van der Waals surface area contributed by atoms with Gasteiger partial charge in [0.1, 0.15) is 11.6 Å². The number of hydrogen-bond acceptors (Lipinski definition) is 2. The van der Waals surface area contributed by atoms with Crippen molar-refractivity contribution in [2.24, 2.45) is 11.7 Å². The lowest BCUT2D eigenvalue weighted by molar-refractivity contribution is 0.366. The third-order valence-electron chi connectivity index (χ3n) is 2.91. The Morgan fingerprint density at radius 2 is 2.06 bits per heavy atom. The first-order valence-corrected chi connectivity index (χ1v) is 5.46. The summed E-state index contributed by atoms with van der Waals surface area (Å²) in [5.41, 5.74) is 6.11. The van der Waals surface area contributed by atoms with Crippen molar-refractivity contribution in [3.05, 3.63) is 35.4 Å². The van der Waals surface area contributed by atoms with Gasteiger partial charge < -0.3 is 11.1 Å². The summed E-state index contributed by atoms with van der Waals surface area (Å²) in [5.74, 6) is -0.937. The molecule has 0 aliphatic carbocycles. The summed E-state index contributed by atoms with van der Waals surface area (Å²) in [7, 11) is 1.76. The van der Waals surface area contributed by atoms with Gasteiger partial charge in [-0.25, -0.2) is 8.78 Å². The number of nitrogens with two attached hydrogens (primary N) is 1. The molecule has 0 heterocycles. The minimum atomic E-state index is -0.558. The summed E-state index contributed by atoms with van der Waals surface area (Å²) in [6.45, 7) is 2.47. The molecule has 0 amide bonds. The van der Waals surface area contributed by atoms with Crippen LogP contribution in [-0.4, -0.2) is 13.6 Å². The molecular formula is C12H18F2N2. The zero-order valence-electron chi connectivity index (χ0n) is 9.63. The molecule has 1 rings (SSSR count). The fourth-order valence-corrected chi connectivity index (χ4v) is 1.94. The van der Waals surface area contributed by atoms with Gasteiger partial charge >= 0.3 is 0 Å². The van der Waals surface area contributed by atoms with Gasteiger partial charge in [0, 0.05) is 17.7 Å². The standard InChI is InChI=1S/C12H18F2N2/c1-3-8(7-15)12(16-2)10-5-4-9(13)6-11(10)14/h4-6,8,12,16H,3,7,15H2,1-2H3. The predicted octanol–water partition coefficient (Wildman–Crippen LogP) is 2.21. The first-order chi connectivity index (χ1) is 7.63. The molecule has 3 N–H and O–H groups in total. The van der Waals surface area contributed by atoms with Crippen LogP contribution in [0.3, 0.4) is 0 Å². The van der Waals surface area contributed by atoms with Gasteiger partial charge in [0.25, 0.3) is 0 Å². The van der Waals surface area contributed by atoms with Crippen molar-refractivity contribution in [3.63, 3.8) is 0 Å². The van der Waals surface area contributed by atoms with Gasteiger partial charge in [0.15, 0.2) is 0 Å². The number of halogens is 2. The summed E-state index contributed by atoms with van der Waals surface area (Å²) in [6, 6.07) is 3.48. The SMILES string of the molecule is CCC(CN)C(NC)c1ccc(F)cc1F. The maximum Gasteiger partial charge on any atom is 0.130 e. The third kappa shape index (κ3) is 2.77. The maximum atomic E-state index is 13.6. The number of nitrogens with one attached hydrogen (secondary N) is 1. The van der Waals surface area contributed by atoms with Gasteiger partial charge in [-0.1, -0.05) is 19.4 Å². The molecule has 4 heteroatoms. The largest absolute Gasteiger partial charge is 0.330 e. The summed E-state index contributed by atoms with van der Waals surface area (Å²) >= 11 is 0. The molecule has 0 fully saturated rings. The molecule has 2 unspecified atom stereocenters. The first kappa shape index (κ1) is 13.1. The van der Waals surface area contributed by atoms with E-state index in [1.165, 1.54) is 12.1 Å². The molecule has 0 radical (unpaired) electrons. The molecule has 0 saturated heterocycles. The Kier molecular flexibility index (Phi) is 4.83. The normalized spacial score (nSPS) is 14.8. The quantitative estimate of drug-likeness (QED) is 0.811. The smallest absolute Gasteiger partial charge is 0.130 e. The molecule has 0 spiro atoms. The van der Waals surface area contributed by atoms with Crippen LogP contribution in [0.25, 0.3) is 0 Å². The lowest BCUT2D eigenvalue weighted by Gasteiger charge is -2.25. The highest BCUT2D eigenvalue weighted by Gasteiger charge is 2.21. The molecule has 0 aliphatic rings. The van der Waals surface area contributed by atoms with Gasteiger partial charge in [-0.15, -0.1) is 0 Å². The van der Waals surface area contributed by atoms with Crippen LogP contribution in [0.5, 0.6) is 0 Å². The molecule has 0 aliphatic heterocycles. The van der Waals surface area contributed by atoms with Crippen molar-refractivity contribution < 1.29 is 8.78 Å². The highest BCUT2D eigenvalue weighted by Crippen LogP contribution is 2.26. The Bertz CT molecular complexity index is 338. The van der Waals surface area contributed by atoms with Crippen molar-refractivity contribution in [1.82, 2.24) is 5.32 Å². The van der Waals surface area contributed by atoms with E-state index in [0.717, 1.165) is 12.5 Å². The van der Waals surface area contributed by atoms with E-state index in [0.29, 0.717) is 12.1 Å². The second kappa shape index (κ2) is 5.92. The van der Waals surface area contributed by atoms with Gasteiger partial charge in [-0.3, -0.25) is 0 Å². The molecule has 1 aromatic rings. The van der Waals surface area contributed by atoms with Gasteiger partial charge in [0.2, 0.25) is 0 Å². The Balaban J connectivity index is 3.03. The molecule has 2 atom stereocenters. The fourth-order valence-electron chi connectivity index (χ4n) is 1.94. The second-order valence-electron chi connectivity index (χ2n) is 3.84. The maximum absolute atomic E-state index is 13.6. The average Bonchev–Trinajstić information content (AvgIpc) is 2.27. The van der Waals surface area contributed by atoms with Crippen LogP contribution >= 0.6 is 0 Å². The van der Waals surface area contributed by atoms with Crippen molar-refractivity contribution in [2.75, 3.05) is 13.6 Å². The van der Waals surface area contributed by atoms with Crippen LogP contribution in [0.15, 0.2) is 18.2 Å². The summed E-state index contributed by atoms with van der Waals surface area (Å²) in [6.07, 6.45) is 0.846. The van der Waals surface area contributed by atoms with Crippen LogP contribution in [0.1, 0.15) is 24.9 Å². The van der Waals surface area contributed by atoms with Crippen LogP contribution in [0.4, 0.5) is 8.78 Å². The minimum absolute atomic E-state index is 0.143. The van der Waals surface area contributed by atoms with E-state index in [-0.39, 0.29) is 12.0 Å². The average molecular weight is 228 g/mol. The van der Waals surface area contributed by atoms with E-state index < -0.39 is 11.6 Å². The third-order valence-corrected chi connectivity index (χ3v) is 2.91. The molecule has 0 bridgehead atoms. The number of benzene rings is 1. The Hall–Kier alpha value is -1.00. The minimum Gasteiger partial charge on any atom is -0.330 e. The highest BCUT2D eigenvalue weighted by molar-refractivity contribution is 5.23. The summed E-state index contributed by atoms with van der Waals surface area (Å²) in [4.78, 5) is 0. The summed E-state index contributed by atoms with van der Waals surface area (Å²) < 4.78 is 26.4. The first-order valence-electron chi connectivity index (χ1n) is 5.46. The zero-order valence-corrected chi connectivity index (χ0v) is 9.63. The molecule has 0 aromatic heterocycles. The molecule has 90 valence electrons. The molecular weight excluding hydrogens is 210 g/mol. The molecule has 2 nitrogen and oxygen atoms in total. The summed E-state index contributed by atoms with van der Waals surface area (Å²) in [5, 5.41) is 3.04. The van der Waals surface area contributed by atoms with E-state index in [9.17, 15) is 8.78 Å². The predicted molar refractivity (Wildman–Crippen MR) is 61.0 cm³/mol. The van der Waals surface area contributed by atoms with Gasteiger partial charge in [-0.05, 0) is 25.6 Å². The Labute approximate surface area is 94.8 Å². The Morgan fingerprint density at radius 3 is 2.50 bits per heavy atom. The van der Waals surface area contributed by atoms with Crippen molar-refractivity contribution in [3.8, 4) is 0 Å². The highest BCUT2D eigenvalue weighted by atomic mass is 19.1. The molecule has 0 saturated carbocycles. The molecule has 1 aromatic carbocycles. The van der Waals surface area contributed by atoms with Crippen molar-refractivity contribution in [2.45, 2.75) is 19.4 Å². The van der Waals surface area contributed by atoms with Crippen LogP contribution in [0, 0.1) is 17.6 Å². The van der Waals surface area contributed by atoms with E-state index >= 15 is 0 Å². The monoisotopic (exact) mass is 228 g/mol. The van der Waals surface area contributed by atoms with E-state index in [1.54, 1.807) is 7.05 Å². The second-order valence-corrected chi connectivity index (χ2v) is 3.84. The Morgan fingerprint density at radius 1 is 1.38 bits per heavy atom. The van der Waals surface area contributed by atoms with E-state index in [2.05, 4.69) is 5.32 Å². The zero-order chi connectivity index (χ0) is 12.1. The van der Waals surface area contributed by atoms with E-state index in [4.69, 9.17) is 5.73 Å². The topological polar surface area (TPSA) is 38.0 Å². The van der Waals surface area contributed by atoms with Gasteiger partial charge in [0.05, 0.1) is 0 Å². The van der Waals surface area contributed by atoms with Gasteiger partial charge in [-0.2, -0.15) is 0 Å². The number of rotatable bonds is 5. The van der Waals surface area contributed by atoms with Crippen LogP contribution < -0.4 is 11.1 Å². The van der Waals surface area contributed by atoms with Crippen molar-refractivity contribution in [1.29, 1.82) is 0 Å². The lowest BCUT2D eigenvalue weighted by Crippen LogP contribution is -2.30. The fraction of sp³-hybridized carbons (Fsp3) is 0.500. The van der Waals surface area contributed by atoms with Crippen LogP contribution in [0.2, 0.25) is 0 Å².